The summed E-state index contributed by atoms with van der Waals surface area (Å²) in [4.78, 5) is 25.4. The van der Waals surface area contributed by atoms with Gasteiger partial charge in [0.25, 0.3) is 0 Å². The van der Waals surface area contributed by atoms with Crippen molar-refractivity contribution in [3.63, 3.8) is 0 Å². The molecule has 5 aliphatic carbocycles. The molecule has 4 saturated carbocycles. The molecule has 0 radical (unpaired) electrons. The second kappa shape index (κ2) is 7.00. The smallest absolute Gasteiger partial charge is 0.309 e. The van der Waals surface area contributed by atoms with Crippen LogP contribution >= 0.6 is 0 Å². The van der Waals surface area contributed by atoms with Crippen LogP contribution in [0.15, 0.2) is 11.1 Å². The summed E-state index contributed by atoms with van der Waals surface area (Å²) in [6.07, 6.45) is 10.7. The van der Waals surface area contributed by atoms with Crippen LogP contribution in [0.1, 0.15) is 120 Å². The van der Waals surface area contributed by atoms with Crippen molar-refractivity contribution < 1.29 is 14.7 Å². The summed E-state index contributed by atoms with van der Waals surface area (Å²) in [7, 11) is 0. The van der Waals surface area contributed by atoms with Gasteiger partial charge >= 0.3 is 5.97 Å². The van der Waals surface area contributed by atoms with Crippen LogP contribution in [0.5, 0.6) is 0 Å². The van der Waals surface area contributed by atoms with Crippen LogP contribution in [0.4, 0.5) is 0 Å². The minimum absolute atomic E-state index is 0.142. The molecule has 4 fully saturated rings. The predicted molar refractivity (Wildman–Crippen MR) is 136 cm³/mol. The number of carbonyl (C=O) groups excluding carboxylic acids is 1. The van der Waals surface area contributed by atoms with E-state index in [0.29, 0.717) is 23.5 Å². The van der Waals surface area contributed by atoms with Crippen molar-refractivity contribution in [3.8, 4) is 0 Å². The van der Waals surface area contributed by atoms with Crippen LogP contribution < -0.4 is 0 Å². The van der Waals surface area contributed by atoms with Crippen molar-refractivity contribution in [2.75, 3.05) is 0 Å². The lowest BCUT2D eigenvalue weighted by molar-refractivity contribution is -0.249. The Balaban J connectivity index is 1.57. The van der Waals surface area contributed by atoms with Gasteiger partial charge < -0.3 is 5.11 Å². The third kappa shape index (κ3) is 2.76. The number of hydrogen-bond acceptors (Lipinski definition) is 2. The van der Waals surface area contributed by atoms with Gasteiger partial charge in [-0.3, -0.25) is 9.59 Å². The molecule has 0 aliphatic heterocycles. The second-order valence-electron chi connectivity index (χ2n) is 15.1. The number of fused-ring (bicyclic) bond motifs is 7. The Morgan fingerprint density at radius 2 is 1.38 bits per heavy atom. The molecule has 9 unspecified atom stereocenters. The molecule has 9 atom stereocenters. The highest BCUT2D eigenvalue weighted by Crippen LogP contribution is 2.78. The fourth-order valence-electron chi connectivity index (χ4n) is 11.0. The summed E-state index contributed by atoms with van der Waals surface area (Å²) in [5.41, 5.74) is 2.73. The van der Waals surface area contributed by atoms with Crippen molar-refractivity contribution in [1.29, 1.82) is 0 Å². The molecule has 3 nitrogen and oxygen atoms in total. The Kier molecular flexibility index (Phi) is 5.06. The van der Waals surface area contributed by atoms with Crippen LogP contribution in [-0.4, -0.2) is 16.9 Å². The van der Waals surface area contributed by atoms with E-state index in [2.05, 4.69) is 48.5 Å². The Labute approximate surface area is 207 Å². The molecule has 0 aromatic heterocycles. The molecular weight excluding hydrogens is 420 g/mol. The topological polar surface area (TPSA) is 54.4 Å². The number of carboxylic acid groups (broad SMARTS) is 1. The van der Waals surface area contributed by atoms with Crippen molar-refractivity contribution in [1.82, 2.24) is 0 Å². The predicted octanol–water partition coefficient (Wildman–Crippen LogP) is 7.83. The van der Waals surface area contributed by atoms with Gasteiger partial charge in [0.15, 0.2) is 5.78 Å². The Hall–Kier alpha value is -1.12. The first-order valence-corrected chi connectivity index (χ1v) is 14.0. The molecule has 190 valence electrons. The van der Waals surface area contributed by atoms with Crippen LogP contribution in [0, 0.1) is 50.2 Å². The van der Waals surface area contributed by atoms with Gasteiger partial charge in [0.05, 0.1) is 5.41 Å². The van der Waals surface area contributed by atoms with Gasteiger partial charge in [-0.25, -0.2) is 0 Å². The van der Waals surface area contributed by atoms with E-state index in [-0.39, 0.29) is 27.1 Å². The molecule has 0 amide bonds. The lowest BCUT2D eigenvalue weighted by Gasteiger charge is -2.74. The van der Waals surface area contributed by atoms with E-state index in [1.54, 1.807) is 0 Å². The van der Waals surface area contributed by atoms with E-state index in [0.717, 1.165) is 31.3 Å². The number of rotatable bonds is 1. The Bertz CT molecular complexity index is 979. The summed E-state index contributed by atoms with van der Waals surface area (Å²) in [5, 5.41) is 10.1. The maximum Gasteiger partial charge on any atom is 0.309 e. The quantitative estimate of drug-likeness (QED) is 0.426. The van der Waals surface area contributed by atoms with E-state index in [1.807, 2.05) is 6.92 Å². The van der Waals surface area contributed by atoms with Crippen molar-refractivity contribution in [2.45, 2.75) is 120 Å². The fourth-order valence-corrected chi connectivity index (χ4v) is 11.0. The lowest BCUT2D eigenvalue weighted by atomic mass is 9.30. The number of allylic oxidation sites excluding steroid dienone is 2. The zero-order chi connectivity index (χ0) is 25.1. The zero-order valence-corrected chi connectivity index (χ0v) is 23.1. The summed E-state index contributed by atoms with van der Waals surface area (Å²) < 4.78 is 0. The van der Waals surface area contributed by atoms with E-state index in [4.69, 9.17) is 0 Å². The molecule has 0 saturated heterocycles. The van der Waals surface area contributed by atoms with Crippen molar-refractivity contribution in [2.24, 2.45) is 50.2 Å². The number of carboxylic acids is 1. The van der Waals surface area contributed by atoms with Crippen LogP contribution in [0.2, 0.25) is 0 Å². The highest BCUT2D eigenvalue weighted by Gasteiger charge is 2.71. The molecular formula is C31H48O3. The summed E-state index contributed by atoms with van der Waals surface area (Å²) in [6.45, 7) is 18.9. The molecule has 0 aromatic carbocycles. The summed E-state index contributed by atoms with van der Waals surface area (Å²) in [6, 6.07) is 0. The standard InChI is InChI=1S/C31H48O3/c1-19-20(2)28(5)10-9-22-29(6,23(28)17-21(19)32)14-16-31(8)24-18-27(4,25(33)34)12-11-26(24,3)13-15-30(22,31)7/h22-24H,9-18H2,1-8H3,(H,33,34). The molecule has 0 bridgehead atoms. The SMILES string of the molecule is CC1=C(C)C2(C)CCC3C(C)(CCC4(C)C5CC(C)(C(=O)O)CCC5(C)CCC34C)C2CC1=O. The average molecular weight is 469 g/mol. The fraction of sp³-hybridized carbons (Fsp3) is 0.871. The van der Waals surface area contributed by atoms with Gasteiger partial charge in [-0.2, -0.15) is 0 Å². The number of ketones is 1. The molecule has 0 spiro atoms. The molecule has 5 rings (SSSR count). The molecule has 0 heterocycles. The maximum absolute atomic E-state index is 13.1. The monoisotopic (exact) mass is 468 g/mol. The lowest BCUT2D eigenvalue weighted by Crippen LogP contribution is -2.67. The van der Waals surface area contributed by atoms with Crippen LogP contribution in [0.25, 0.3) is 0 Å². The van der Waals surface area contributed by atoms with Gasteiger partial charge in [-0.1, -0.05) is 40.2 Å². The van der Waals surface area contributed by atoms with Crippen LogP contribution in [0.3, 0.4) is 0 Å². The van der Waals surface area contributed by atoms with E-state index < -0.39 is 11.4 Å². The zero-order valence-electron chi connectivity index (χ0n) is 23.1. The van der Waals surface area contributed by atoms with Crippen molar-refractivity contribution >= 4 is 11.8 Å². The number of carbonyl (C=O) groups is 2. The van der Waals surface area contributed by atoms with Crippen LogP contribution in [-0.2, 0) is 9.59 Å². The van der Waals surface area contributed by atoms with E-state index in [9.17, 15) is 14.7 Å². The third-order valence-corrected chi connectivity index (χ3v) is 14.0. The number of aliphatic carboxylic acids is 1. The van der Waals surface area contributed by atoms with E-state index >= 15 is 0 Å². The minimum atomic E-state index is -0.599. The number of Topliss-reactive ketones (excluding diaryl/α,β-unsaturated/α-hetero) is 1. The van der Waals surface area contributed by atoms with Gasteiger partial charge in [-0.05, 0) is 129 Å². The highest BCUT2D eigenvalue weighted by atomic mass is 16.4. The normalized spacial score (nSPS) is 55.1. The molecule has 1 N–H and O–H groups in total. The summed E-state index contributed by atoms with van der Waals surface area (Å²) in [5.74, 6) is 1.28. The van der Waals surface area contributed by atoms with Crippen molar-refractivity contribution in [3.05, 3.63) is 11.1 Å². The maximum atomic E-state index is 13.1. The van der Waals surface area contributed by atoms with Gasteiger partial charge in [0.1, 0.15) is 0 Å². The van der Waals surface area contributed by atoms with E-state index in [1.165, 1.54) is 44.1 Å². The second-order valence-corrected chi connectivity index (χ2v) is 15.1. The third-order valence-electron chi connectivity index (χ3n) is 14.0. The van der Waals surface area contributed by atoms with Gasteiger partial charge in [0, 0.05) is 6.42 Å². The molecule has 34 heavy (non-hydrogen) atoms. The Morgan fingerprint density at radius 1 is 0.794 bits per heavy atom. The van der Waals surface area contributed by atoms with Gasteiger partial charge in [-0.15, -0.1) is 0 Å². The van der Waals surface area contributed by atoms with Gasteiger partial charge in [0.2, 0.25) is 0 Å². The first kappa shape index (κ1) is 24.6. The highest BCUT2D eigenvalue weighted by molar-refractivity contribution is 5.97. The first-order valence-electron chi connectivity index (χ1n) is 14.0. The minimum Gasteiger partial charge on any atom is -0.481 e. The number of hydrogen-bond donors (Lipinski definition) is 1. The largest absolute Gasteiger partial charge is 0.481 e. The molecule has 3 heteroatoms. The molecule has 5 aliphatic rings. The summed E-state index contributed by atoms with van der Waals surface area (Å²) >= 11 is 0. The average Bonchev–Trinajstić information content (AvgIpc) is 2.77. The Morgan fingerprint density at radius 3 is 2.03 bits per heavy atom. The first-order chi connectivity index (χ1) is 15.6. The molecule has 0 aromatic rings.